The molecule has 0 aliphatic rings. The van der Waals surface area contributed by atoms with Crippen molar-refractivity contribution in [2.75, 3.05) is 0 Å². The van der Waals surface area contributed by atoms with Crippen LogP contribution in [0.15, 0.2) is 218 Å². The summed E-state index contributed by atoms with van der Waals surface area (Å²) < 4.78 is 2.48. The quantitative estimate of drug-likeness (QED) is 0.169. The van der Waals surface area contributed by atoms with Gasteiger partial charge in [0.25, 0.3) is 0 Å². The second-order valence-electron chi connectivity index (χ2n) is 15.6. The first-order chi connectivity index (χ1) is 30.2. The zero-order chi connectivity index (χ0) is 40.3. The van der Waals surface area contributed by atoms with Crippen molar-refractivity contribution in [1.29, 1.82) is 0 Å². The van der Waals surface area contributed by atoms with Crippen LogP contribution in [-0.2, 0) is 0 Å². The van der Waals surface area contributed by atoms with Crippen molar-refractivity contribution in [1.82, 2.24) is 19.5 Å². The van der Waals surface area contributed by atoms with Crippen LogP contribution < -0.4 is 0 Å². The summed E-state index contributed by atoms with van der Waals surface area (Å²) in [5.74, 6) is 1.88. The Balaban J connectivity index is 1.13. The maximum Gasteiger partial charge on any atom is 0.164 e. The van der Waals surface area contributed by atoms with E-state index < -0.39 is 0 Å². The van der Waals surface area contributed by atoms with Crippen molar-refractivity contribution < 1.29 is 0 Å². The van der Waals surface area contributed by atoms with Crippen LogP contribution >= 0.6 is 0 Å². The highest BCUT2D eigenvalue weighted by Gasteiger charge is 2.21. The van der Waals surface area contributed by atoms with Crippen molar-refractivity contribution >= 4 is 54.1 Å². The Bertz CT molecular complexity index is 3630. The van der Waals surface area contributed by atoms with E-state index in [0.29, 0.717) is 17.5 Å². The molecule has 4 heteroatoms. The highest BCUT2D eigenvalue weighted by molar-refractivity contribution is 6.21. The fourth-order valence-corrected chi connectivity index (χ4v) is 8.97. The summed E-state index contributed by atoms with van der Waals surface area (Å²) in [5, 5.41) is 9.59. The zero-order valence-corrected chi connectivity index (χ0v) is 33.1. The van der Waals surface area contributed by atoms with Gasteiger partial charge in [-0.05, 0) is 80.0 Å². The van der Waals surface area contributed by atoms with Crippen LogP contribution in [0.2, 0.25) is 0 Å². The van der Waals surface area contributed by atoms with Gasteiger partial charge in [-0.3, -0.25) is 0 Å². The standard InChI is InChI=1S/C57H36N4/c1-3-13-37(14-4-1)39-23-26-41(27-24-39)50-35-47(57-59-55(42-17-5-2-6-18-42)58-56(60-57)46-28-25-38-15-7-8-19-43(38)33-46)30-32-52(50)61-53-36-45-21-10-9-20-44(45)34-51(53)49-31-29-40-16-11-12-22-48(40)54(49)61/h1-36H. The summed E-state index contributed by atoms with van der Waals surface area (Å²) in [4.78, 5) is 15.5. The molecular weight excluding hydrogens is 741 g/mol. The summed E-state index contributed by atoms with van der Waals surface area (Å²) in [6.45, 7) is 0. The minimum Gasteiger partial charge on any atom is -0.308 e. The van der Waals surface area contributed by atoms with Crippen LogP contribution in [0.5, 0.6) is 0 Å². The number of fused-ring (bicyclic) bond motifs is 7. The average Bonchev–Trinajstić information content (AvgIpc) is 3.66. The lowest BCUT2D eigenvalue weighted by atomic mass is 9.97. The van der Waals surface area contributed by atoms with Crippen LogP contribution in [0.1, 0.15) is 0 Å². The Labute approximate surface area is 352 Å². The maximum absolute atomic E-state index is 5.23. The lowest BCUT2D eigenvalue weighted by Crippen LogP contribution is -2.02. The van der Waals surface area contributed by atoms with E-state index in [2.05, 4.69) is 205 Å². The Kier molecular flexibility index (Phi) is 8.13. The summed E-state index contributed by atoms with van der Waals surface area (Å²) >= 11 is 0. The van der Waals surface area contributed by atoms with Gasteiger partial charge in [0.1, 0.15) is 0 Å². The fraction of sp³-hybridized carbons (Fsp3) is 0. The third-order valence-corrected chi connectivity index (χ3v) is 12.0. The Morgan fingerprint density at radius 3 is 1.49 bits per heavy atom. The number of benzene rings is 10. The van der Waals surface area contributed by atoms with Gasteiger partial charge in [-0.1, -0.05) is 182 Å². The number of hydrogen-bond donors (Lipinski definition) is 0. The number of hydrogen-bond acceptors (Lipinski definition) is 3. The second kappa shape index (κ2) is 14.3. The molecule has 0 amide bonds. The van der Waals surface area contributed by atoms with E-state index in [1.165, 1.54) is 54.3 Å². The molecule has 0 saturated heterocycles. The van der Waals surface area contributed by atoms with Crippen LogP contribution in [-0.4, -0.2) is 19.5 Å². The van der Waals surface area contributed by atoms with Crippen molar-refractivity contribution in [3.63, 3.8) is 0 Å². The van der Waals surface area contributed by atoms with Gasteiger partial charge < -0.3 is 4.57 Å². The molecule has 12 aromatic rings. The van der Waals surface area contributed by atoms with E-state index in [1.54, 1.807) is 0 Å². The predicted octanol–water partition coefficient (Wildman–Crippen LogP) is 14.8. The normalized spacial score (nSPS) is 11.6. The molecule has 0 saturated carbocycles. The van der Waals surface area contributed by atoms with E-state index in [1.807, 2.05) is 18.2 Å². The summed E-state index contributed by atoms with van der Waals surface area (Å²) in [5.41, 5.74) is 10.7. The van der Waals surface area contributed by atoms with Crippen LogP contribution in [0.3, 0.4) is 0 Å². The van der Waals surface area contributed by atoms with Crippen LogP contribution in [0.25, 0.3) is 116 Å². The molecule has 10 aromatic carbocycles. The molecule has 61 heavy (non-hydrogen) atoms. The summed E-state index contributed by atoms with van der Waals surface area (Å²) in [7, 11) is 0. The van der Waals surface area contributed by atoms with E-state index in [4.69, 9.17) is 15.0 Å². The lowest BCUT2D eigenvalue weighted by Gasteiger charge is -2.17. The van der Waals surface area contributed by atoms with Gasteiger partial charge >= 0.3 is 0 Å². The van der Waals surface area contributed by atoms with Gasteiger partial charge in [0, 0.05) is 38.4 Å². The molecule has 0 bridgehead atoms. The highest BCUT2D eigenvalue weighted by atomic mass is 15.0. The van der Waals surface area contributed by atoms with Crippen LogP contribution in [0, 0.1) is 0 Å². The molecule has 12 rings (SSSR count). The molecule has 0 aliphatic heterocycles. The average molecular weight is 777 g/mol. The van der Waals surface area contributed by atoms with Crippen molar-refractivity contribution in [3.05, 3.63) is 218 Å². The first kappa shape index (κ1) is 34.8. The second-order valence-corrected chi connectivity index (χ2v) is 15.6. The smallest absolute Gasteiger partial charge is 0.164 e. The van der Waals surface area contributed by atoms with Gasteiger partial charge in [-0.15, -0.1) is 0 Å². The molecule has 0 radical (unpaired) electrons. The minimum atomic E-state index is 0.615. The molecule has 0 N–H and O–H groups in total. The van der Waals surface area contributed by atoms with Gasteiger partial charge in [0.05, 0.1) is 16.7 Å². The molecular formula is C57H36N4. The summed E-state index contributed by atoms with van der Waals surface area (Å²) in [6, 6.07) is 77.8. The zero-order valence-electron chi connectivity index (χ0n) is 33.1. The van der Waals surface area contributed by atoms with E-state index in [-0.39, 0.29) is 0 Å². The number of rotatable bonds is 6. The van der Waals surface area contributed by atoms with Gasteiger partial charge in [-0.2, -0.15) is 0 Å². The minimum absolute atomic E-state index is 0.615. The molecule has 0 spiro atoms. The van der Waals surface area contributed by atoms with Gasteiger partial charge in [0.2, 0.25) is 0 Å². The highest BCUT2D eigenvalue weighted by Crippen LogP contribution is 2.42. The molecule has 4 nitrogen and oxygen atoms in total. The topological polar surface area (TPSA) is 43.6 Å². The van der Waals surface area contributed by atoms with E-state index >= 15 is 0 Å². The van der Waals surface area contributed by atoms with E-state index in [0.717, 1.165) is 44.4 Å². The number of nitrogens with zero attached hydrogens (tertiary/aromatic N) is 4. The SMILES string of the molecule is c1ccc(-c2ccc(-c3cc(-c4nc(-c5ccccc5)nc(-c5ccc6ccccc6c5)n4)ccc3-n3c4cc5ccccc5cc4c4ccc5ccccc5c43)cc2)cc1. The predicted molar refractivity (Wildman–Crippen MR) is 254 cm³/mol. The first-order valence-electron chi connectivity index (χ1n) is 20.7. The van der Waals surface area contributed by atoms with Gasteiger partial charge in [-0.25, -0.2) is 15.0 Å². The Morgan fingerprint density at radius 2 is 0.770 bits per heavy atom. The Morgan fingerprint density at radius 1 is 0.279 bits per heavy atom. The van der Waals surface area contributed by atoms with Gasteiger partial charge in [0.15, 0.2) is 17.5 Å². The number of aromatic nitrogens is 4. The summed E-state index contributed by atoms with van der Waals surface area (Å²) in [6.07, 6.45) is 0. The van der Waals surface area contributed by atoms with Crippen molar-refractivity contribution in [3.8, 4) is 62.1 Å². The third kappa shape index (κ3) is 6.04. The fourth-order valence-electron chi connectivity index (χ4n) is 8.97. The lowest BCUT2D eigenvalue weighted by molar-refractivity contribution is 1.07. The maximum atomic E-state index is 5.23. The molecule has 0 fully saturated rings. The largest absolute Gasteiger partial charge is 0.308 e. The molecule has 0 unspecified atom stereocenters. The van der Waals surface area contributed by atoms with Crippen molar-refractivity contribution in [2.24, 2.45) is 0 Å². The molecule has 0 atom stereocenters. The molecule has 0 aliphatic carbocycles. The molecule has 2 heterocycles. The van der Waals surface area contributed by atoms with Crippen molar-refractivity contribution in [2.45, 2.75) is 0 Å². The third-order valence-electron chi connectivity index (χ3n) is 12.0. The first-order valence-corrected chi connectivity index (χ1v) is 20.7. The Hall–Kier alpha value is -8.21. The molecule has 2 aromatic heterocycles. The molecule has 284 valence electrons. The monoisotopic (exact) mass is 776 g/mol. The van der Waals surface area contributed by atoms with Crippen LogP contribution in [0.4, 0.5) is 0 Å². The van der Waals surface area contributed by atoms with E-state index in [9.17, 15) is 0 Å².